The fourth-order valence-corrected chi connectivity index (χ4v) is 3.30. The Labute approximate surface area is 187 Å². The Hall–Kier alpha value is -3.51. The molecule has 3 rings (SSSR count). The van der Waals surface area contributed by atoms with E-state index in [0.29, 0.717) is 24.1 Å². The van der Waals surface area contributed by atoms with Crippen molar-refractivity contribution in [3.05, 3.63) is 102 Å². The molecule has 1 atom stereocenters. The van der Waals surface area contributed by atoms with Crippen LogP contribution in [0.4, 0.5) is 5.69 Å². The van der Waals surface area contributed by atoms with Gasteiger partial charge in [-0.25, -0.2) is 0 Å². The second-order valence-electron chi connectivity index (χ2n) is 7.17. The average Bonchev–Trinajstić information content (AvgIpc) is 2.79. The molecule has 0 bridgehead atoms. The van der Waals surface area contributed by atoms with E-state index in [1.54, 1.807) is 24.3 Å². The molecule has 31 heavy (non-hydrogen) atoms. The lowest BCUT2D eigenvalue weighted by Crippen LogP contribution is -2.34. The van der Waals surface area contributed by atoms with Crippen LogP contribution in [0.25, 0.3) is 0 Å². The number of carbonyl (C=O) groups excluding carboxylic acids is 2. The van der Waals surface area contributed by atoms with Gasteiger partial charge < -0.3 is 16.0 Å². The average molecular weight is 432 g/mol. The molecule has 3 aromatic carbocycles. The lowest BCUT2D eigenvalue weighted by atomic mass is 10.1. The normalized spacial score (nSPS) is 11.3. The lowest BCUT2D eigenvalue weighted by molar-refractivity contribution is -0.119. The summed E-state index contributed by atoms with van der Waals surface area (Å²) < 4.78 is 0. The van der Waals surface area contributed by atoms with Crippen LogP contribution in [-0.2, 0) is 11.2 Å². The summed E-state index contributed by atoms with van der Waals surface area (Å²) in [5, 5.41) is 8.87. The van der Waals surface area contributed by atoms with Crippen molar-refractivity contribution in [1.29, 1.82) is 0 Å². The molecular formula is C25H25N3O2S. The summed E-state index contributed by atoms with van der Waals surface area (Å²) in [6.07, 6.45) is 1.01. The van der Waals surface area contributed by atoms with E-state index in [4.69, 9.17) is 12.2 Å². The first-order chi connectivity index (χ1) is 15.0. The third-order valence-corrected chi connectivity index (χ3v) is 4.99. The molecular weight excluding hydrogens is 406 g/mol. The molecule has 0 aliphatic heterocycles. The Balaban J connectivity index is 1.46. The standard InChI is InChI=1S/C25H25N3O2S/c1-18(20-10-6-3-7-11-20)26-24(30)21-13-15-22(16-14-21)27-25(31)28-23(29)17-12-19-8-4-2-5-9-19/h2-11,13-16,18H,12,17H2,1H3,(H,26,30)(H2,27,28,29,31). The molecule has 0 aliphatic rings. The van der Waals surface area contributed by atoms with Gasteiger partial charge >= 0.3 is 0 Å². The summed E-state index contributed by atoms with van der Waals surface area (Å²) in [5.74, 6) is -0.299. The zero-order chi connectivity index (χ0) is 22.1. The van der Waals surface area contributed by atoms with E-state index >= 15 is 0 Å². The van der Waals surface area contributed by atoms with Crippen molar-refractivity contribution >= 4 is 34.8 Å². The lowest BCUT2D eigenvalue weighted by Gasteiger charge is -2.15. The van der Waals surface area contributed by atoms with Crippen molar-refractivity contribution in [2.45, 2.75) is 25.8 Å². The summed E-state index contributed by atoms with van der Waals surface area (Å²) in [5.41, 5.74) is 3.39. The van der Waals surface area contributed by atoms with Crippen molar-refractivity contribution in [2.24, 2.45) is 0 Å². The molecule has 6 heteroatoms. The molecule has 3 aromatic rings. The molecule has 0 fully saturated rings. The van der Waals surface area contributed by atoms with E-state index in [-0.39, 0.29) is 23.0 Å². The fraction of sp³-hybridized carbons (Fsp3) is 0.160. The van der Waals surface area contributed by atoms with Gasteiger partial charge in [0.2, 0.25) is 5.91 Å². The van der Waals surface area contributed by atoms with Gasteiger partial charge in [0.15, 0.2) is 5.11 Å². The van der Waals surface area contributed by atoms with Gasteiger partial charge in [-0.15, -0.1) is 0 Å². The Morgan fingerprint density at radius 1 is 0.871 bits per heavy atom. The van der Waals surface area contributed by atoms with Gasteiger partial charge in [0, 0.05) is 17.7 Å². The number of thiocarbonyl (C=S) groups is 1. The number of carbonyl (C=O) groups is 2. The quantitative estimate of drug-likeness (QED) is 0.477. The first-order valence-corrected chi connectivity index (χ1v) is 10.5. The third kappa shape index (κ3) is 7.04. The van der Waals surface area contributed by atoms with Crippen molar-refractivity contribution in [2.75, 3.05) is 5.32 Å². The minimum absolute atomic E-state index is 0.0924. The van der Waals surface area contributed by atoms with Crippen LogP contribution in [0.3, 0.4) is 0 Å². The van der Waals surface area contributed by atoms with E-state index in [0.717, 1.165) is 11.1 Å². The van der Waals surface area contributed by atoms with Gasteiger partial charge in [0.1, 0.15) is 0 Å². The Morgan fingerprint density at radius 3 is 2.13 bits per heavy atom. The predicted octanol–water partition coefficient (Wildman–Crippen LogP) is 4.62. The summed E-state index contributed by atoms with van der Waals surface area (Å²) in [6.45, 7) is 1.95. The maximum atomic E-state index is 12.5. The van der Waals surface area contributed by atoms with E-state index in [9.17, 15) is 9.59 Å². The van der Waals surface area contributed by atoms with Crippen molar-refractivity contribution in [3.63, 3.8) is 0 Å². The summed E-state index contributed by atoms with van der Waals surface area (Å²) >= 11 is 5.22. The monoisotopic (exact) mass is 431 g/mol. The molecule has 158 valence electrons. The Kier molecular flexibility index (Phi) is 7.90. The zero-order valence-electron chi connectivity index (χ0n) is 17.3. The second-order valence-corrected chi connectivity index (χ2v) is 7.58. The highest BCUT2D eigenvalue weighted by Crippen LogP contribution is 2.14. The Bertz CT molecular complexity index is 1020. The van der Waals surface area contributed by atoms with Crippen LogP contribution in [0.5, 0.6) is 0 Å². The molecule has 1 unspecified atom stereocenters. The number of nitrogens with one attached hydrogen (secondary N) is 3. The number of amides is 2. The summed E-state index contributed by atoms with van der Waals surface area (Å²) in [7, 11) is 0. The molecule has 0 spiro atoms. The summed E-state index contributed by atoms with van der Waals surface area (Å²) in [4.78, 5) is 24.6. The number of hydrogen-bond donors (Lipinski definition) is 3. The maximum absolute atomic E-state index is 12.5. The number of rotatable bonds is 7. The van der Waals surface area contributed by atoms with Crippen LogP contribution in [0.2, 0.25) is 0 Å². The van der Waals surface area contributed by atoms with Gasteiger partial charge in [-0.05, 0) is 61.0 Å². The molecule has 2 amide bonds. The highest BCUT2D eigenvalue weighted by Gasteiger charge is 2.11. The molecule has 3 N–H and O–H groups in total. The highest BCUT2D eigenvalue weighted by molar-refractivity contribution is 7.80. The van der Waals surface area contributed by atoms with Crippen LogP contribution in [0.15, 0.2) is 84.9 Å². The SMILES string of the molecule is CC(NC(=O)c1ccc(NC(=S)NC(=O)CCc2ccccc2)cc1)c1ccccc1. The van der Waals surface area contributed by atoms with Gasteiger partial charge in [-0.2, -0.15) is 0 Å². The van der Waals surface area contributed by atoms with E-state index in [1.807, 2.05) is 67.6 Å². The molecule has 5 nitrogen and oxygen atoms in total. The van der Waals surface area contributed by atoms with E-state index < -0.39 is 0 Å². The topological polar surface area (TPSA) is 70.2 Å². The van der Waals surface area contributed by atoms with Crippen LogP contribution in [0, 0.1) is 0 Å². The molecule has 0 aromatic heterocycles. The minimum atomic E-state index is -0.153. The van der Waals surface area contributed by atoms with Crippen LogP contribution in [-0.4, -0.2) is 16.9 Å². The largest absolute Gasteiger partial charge is 0.346 e. The van der Waals surface area contributed by atoms with Crippen LogP contribution < -0.4 is 16.0 Å². The van der Waals surface area contributed by atoms with Gasteiger partial charge in [-0.3, -0.25) is 9.59 Å². The van der Waals surface area contributed by atoms with Crippen LogP contribution >= 0.6 is 12.2 Å². The highest BCUT2D eigenvalue weighted by atomic mass is 32.1. The van der Waals surface area contributed by atoms with E-state index in [2.05, 4.69) is 16.0 Å². The second kappa shape index (κ2) is 11.0. The number of benzene rings is 3. The summed E-state index contributed by atoms with van der Waals surface area (Å²) in [6, 6.07) is 26.5. The Morgan fingerprint density at radius 2 is 1.48 bits per heavy atom. The van der Waals surface area contributed by atoms with Gasteiger partial charge in [-0.1, -0.05) is 60.7 Å². The number of hydrogen-bond acceptors (Lipinski definition) is 3. The van der Waals surface area contributed by atoms with Gasteiger partial charge in [0.25, 0.3) is 5.91 Å². The molecule has 0 heterocycles. The van der Waals surface area contributed by atoms with E-state index in [1.165, 1.54) is 0 Å². The first kappa shape index (κ1) is 22.2. The fourth-order valence-electron chi connectivity index (χ4n) is 3.06. The molecule has 0 saturated carbocycles. The first-order valence-electron chi connectivity index (χ1n) is 10.1. The van der Waals surface area contributed by atoms with Gasteiger partial charge in [0.05, 0.1) is 6.04 Å². The molecule has 0 radical (unpaired) electrons. The number of aryl methyl sites for hydroxylation is 1. The third-order valence-electron chi connectivity index (χ3n) is 4.79. The maximum Gasteiger partial charge on any atom is 0.251 e. The van der Waals surface area contributed by atoms with Crippen LogP contribution in [0.1, 0.15) is 40.9 Å². The predicted molar refractivity (Wildman–Crippen MR) is 128 cm³/mol. The number of anilines is 1. The minimum Gasteiger partial charge on any atom is -0.346 e. The molecule has 0 aliphatic carbocycles. The molecule has 0 saturated heterocycles. The van der Waals surface area contributed by atoms with Crippen molar-refractivity contribution in [3.8, 4) is 0 Å². The smallest absolute Gasteiger partial charge is 0.251 e. The van der Waals surface area contributed by atoms with Crippen molar-refractivity contribution in [1.82, 2.24) is 10.6 Å². The zero-order valence-corrected chi connectivity index (χ0v) is 18.1. The van der Waals surface area contributed by atoms with Crippen molar-refractivity contribution < 1.29 is 9.59 Å².